The van der Waals surface area contributed by atoms with Gasteiger partial charge in [-0.1, -0.05) is 11.8 Å². The van der Waals surface area contributed by atoms with E-state index in [9.17, 15) is 4.79 Å². The van der Waals surface area contributed by atoms with Crippen LogP contribution in [-0.2, 0) is 4.79 Å². The molecule has 0 saturated carbocycles. The number of aromatic nitrogens is 3. The summed E-state index contributed by atoms with van der Waals surface area (Å²) < 4.78 is 17.5. The molecular weight excluding hydrogens is 392 g/mol. The van der Waals surface area contributed by atoms with Crippen molar-refractivity contribution in [2.24, 2.45) is 0 Å². The summed E-state index contributed by atoms with van der Waals surface area (Å²) in [5, 5.41) is 11.2. The molecule has 0 aliphatic heterocycles. The Bertz CT molecular complexity index is 975. The number of nitrogens with one attached hydrogen (secondary N) is 1. The molecular formula is C20H22N4O4S. The Labute approximate surface area is 173 Å². The number of benzene rings is 2. The van der Waals surface area contributed by atoms with Crippen molar-refractivity contribution in [3.63, 3.8) is 0 Å². The summed E-state index contributed by atoms with van der Waals surface area (Å²) in [7, 11) is 4.73. The minimum absolute atomic E-state index is 0.189. The van der Waals surface area contributed by atoms with E-state index in [0.717, 1.165) is 11.4 Å². The number of carbonyl (C=O) groups is 1. The van der Waals surface area contributed by atoms with E-state index in [-0.39, 0.29) is 5.91 Å². The van der Waals surface area contributed by atoms with Gasteiger partial charge < -0.3 is 19.5 Å². The smallest absolute Gasteiger partial charge is 0.237 e. The molecule has 0 spiro atoms. The Kier molecular flexibility index (Phi) is 6.61. The summed E-state index contributed by atoms with van der Waals surface area (Å²) >= 11 is 1.31. The van der Waals surface area contributed by atoms with Gasteiger partial charge in [0.1, 0.15) is 23.6 Å². The fraction of sp³-hybridized carbons (Fsp3) is 0.250. The molecule has 0 bridgehead atoms. The molecule has 0 saturated heterocycles. The first-order chi connectivity index (χ1) is 14.0. The number of methoxy groups -OCH3 is 3. The lowest BCUT2D eigenvalue weighted by Gasteiger charge is -2.15. The topological polar surface area (TPSA) is 87.5 Å². The van der Waals surface area contributed by atoms with Crippen molar-refractivity contribution in [3.05, 3.63) is 48.8 Å². The average molecular weight is 414 g/mol. The number of thioether (sulfide) groups is 1. The van der Waals surface area contributed by atoms with Gasteiger partial charge in [0.05, 0.1) is 32.3 Å². The largest absolute Gasteiger partial charge is 0.497 e. The highest BCUT2D eigenvalue weighted by Gasteiger charge is 2.20. The first-order valence-electron chi connectivity index (χ1n) is 8.79. The van der Waals surface area contributed by atoms with Crippen molar-refractivity contribution in [1.29, 1.82) is 0 Å². The number of carbonyl (C=O) groups excluding carboxylic acids is 1. The Morgan fingerprint density at radius 2 is 1.72 bits per heavy atom. The van der Waals surface area contributed by atoms with Crippen LogP contribution < -0.4 is 19.5 Å². The van der Waals surface area contributed by atoms with E-state index in [0.29, 0.717) is 22.3 Å². The molecule has 1 unspecified atom stereocenters. The number of anilines is 1. The fourth-order valence-electron chi connectivity index (χ4n) is 2.58. The summed E-state index contributed by atoms with van der Waals surface area (Å²) in [5.74, 6) is 1.75. The van der Waals surface area contributed by atoms with Crippen molar-refractivity contribution in [1.82, 2.24) is 14.8 Å². The first kappa shape index (κ1) is 20.5. The number of rotatable bonds is 8. The molecule has 3 aromatic rings. The van der Waals surface area contributed by atoms with Crippen LogP contribution in [0.5, 0.6) is 17.2 Å². The molecule has 0 aliphatic rings. The van der Waals surface area contributed by atoms with Crippen LogP contribution in [0.15, 0.2) is 53.9 Å². The lowest BCUT2D eigenvalue weighted by molar-refractivity contribution is -0.115. The van der Waals surface area contributed by atoms with Gasteiger partial charge in [-0.05, 0) is 43.3 Å². The van der Waals surface area contributed by atoms with Gasteiger partial charge >= 0.3 is 0 Å². The van der Waals surface area contributed by atoms with Gasteiger partial charge in [-0.15, -0.1) is 10.2 Å². The maximum Gasteiger partial charge on any atom is 0.237 e. The number of hydrogen-bond acceptors (Lipinski definition) is 7. The standard InChI is InChI=1S/C20H22N4O4S/c1-13(19(25)22-17-11-16(27-3)9-10-18(17)28-4)29-20-23-21-12-24(20)14-5-7-15(26-2)8-6-14/h5-13H,1-4H3,(H,22,25). The summed E-state index contributed by atoms with van der Waals surface area (Å²) in [6, 6.07) is 12.7. The van der Waals surface area contributed by atoms with Gasteiger partial charge in [-0.2, -0.15) is 0 Å². The minimum Gasteiger partial charge on any atom is -0.497 e. The van der Waals surface area contributed by atoms with Crippen LogP contribution in [0.2, 0.25) is 0 Å². The summed E-state index contributed by atoms with van der Waals surface area (Å²) in [6.45, 7) is 1.81. The second kappa shape index (κ2) is 9.33. The van der Waals surface area contributed by atoms with Crippen LogP contribution in [-0.4, -0.2) is 47.3 Å². The predicted molar refractivity (Wildman–Crippen MR) is 111 cm³/mol. The lowest BCUT2D eigenvalue weighted by Crippen LogP contribution is -2.23. The normalized spacial score (nSPS) is 11.6. The lowest BCUT2D eigenvalue weighted by atomic mass is 10.2. The van der Waals surface area contributed by atoms with Crippen molar-refractivity contribution >= 4 is 23.4 Å². The highest BCUT2D eigenvalue weighted by molar-refractivity contribution is 8.00. The predicted octanol–water partition coefficient (Wildman–Crippen LogP) is 3.41. The quantitative estimate of drug-likeness (QED) is 0.565. The maximum atomic E-state index is 12.7. The summed E-state index contributed by atoms with van der Waals surface area (Å²) in [4.78, 5) is 12.7. The van der Waals surface area contributed by atoms with E-state index in [1.165, 1.54) is 11.8 Å². The fourth-order valence-corrected chi connectivity index (χ4v) is 3.43. The first-order valence-corrected chi connectivity index (χ1v) is 9.67. The molecule has 1 aromatic heterocycles. The second-order valence-electron chi connectivity index (χ2n) is 6.00. The van der Waals surface area contributed by atoms with Gasteiger partial charge in [0.15, 0.2) is 5.16 Å². The zero-order valence-electron chi connectivity index (χ0n) is 16.6. The molecule has 1 atom stereocenters. The molecule has 1 N–H and O–H groups in total. The zero-order chi connectivity index (χ0) is 20.8. The van der Waals surface area contributed by atoms with Crippen LogP contribution in [0.3, 0.4) is 0 Å². The molecule has 3 rings (SSSR count). The average Bonchev–Trinajstić information content (AvgIpc) is 3.21. The molecule has 1 amide bonds. The minimum atomic E-state index is -0.424. The van der Waals surface area contributed by atoms with Crippen LogP contribution in [0.1, 0.15) is 6.92 Å². The number of nitrogens with zero attached hydrogens (tertiary/aromatic N) is 3. The molecule has 1 heterocycles. The van der Waals surface area contributed by atoms with Crippen LogP contribution in [0.4, 0.5) is 5.69 Å². The van der Waals surface area contributed by atoms with Crippen molar-refractivity contribution in [2.75, 3.05) is 26.6 Å². The molecule has 29 heavy (non-hydrogen) atoms. The molecule has 0 aliphatic carbocycles. The Hall–Kier alpha value is -3.20. The van der Waals surface area contributed by atoms with Crippen molar-refractivity contribution in [2.45, 2.75) is 17.3 Å². The third-order valence-electron chi connectivity index (χ3n) is 4.18. The van der Waals surface area contributed by atoms with E-state index in [4.69, 9.17) is 14.2 Å². The maximum absolute atomic E-state index is 12.7. The van der Waals surface area contributed by atoms with E-state index in [2.05, 4.69) is 15.5 Å². The number of amides is 1. The Morgan fingerprint density at radius 1 is 1.03 bits per heavy atom. The van der Waals surface area contributed by atoms with Crippen LogP contribution >= 0.6 is 11.8 Å². The third-order valence-corrected chi connectivity index (χ3v) is 5.24. The molecule has 2 aromatic carbocycles. The molecule has 0 fully saturated rings. The molecule has 152 valence electrons. The SMILES string of the molecule is COc1ccc(-n2cnnc2SC(C)C(=O)Nc2cc(OC)ccc2OC)cc1. The Balaban J connectivity index is 1.73. The van der Waals surface area contributed by atoms with Crippen LogP contribution in [0, 0.1) is 0 Å². The monoisotopic (exact) mass is 414 g/mol. The summed E-state index contributed by atoms with van der Waals surface area (Å²) in [6.07, 6.45) is 1.61. The van der Waals surface area contributed by atoms with E-state index in [1.54, 1.807) is 52.8 Å². The third kappa shape index (κ3) is 4.80. The zero-order valence-corrected chi connectivity index (χ0v) is 17.4. The molecule has 8 nitrogen and oxygen atoms in total. The van der Waals surface area contributed by atoms with Gasteiger partial charge in [-0.3, -0.25) is 9.36 Å². The van der Waals surface area contributed by atoms with Crippen LogP contribution in [0.25, 0.3) is 5.69 Å². The van der Waals surface area contributed by atoms with Gasteiger partial charge in [-0.25, -0.2) is 0 Å². The van der Waals surface area contributed by atoms with Gasteiger partial charge in [0.25, 0.3) is 0 Å². The van der Waals surface area contributed by atoms with Crippen molar-refractivity contribution < 1.29 is 19.0 Å². The number of ether oxygens (including phenoxy) is 3. The van der Waals surface area contributed by atoms with Crippen molar-refractivity contribution in [3.8, 4) is 22.9 Å². The van der Waals surface area contributed by atoms with Gasteiger partial charge in [0, 0.05) is 11.8 Å². The van der Waals surface area contributed by atoms with E-state index in [1.807, 2.05) is 28.8 Å². The molecule has 9 heteroatoms. The van der Waals surface area contributed by atoms with E-state index >= 15 is 0 Å². The second-order valence-corrected chi connectivity index (χ2v) is 7.31. The number of hydrogen-bond donors (Lipinski definition) is 1. The van der Waals surface area contributed by atoms with E-state index < -0.39 is 5.25 Å². The Morgan fingerprint density at radius 3 is 2.38 bits per heavy atom. The molecule has 0 radical (unpaired) electrons. The summed E-state index contributed by atoms with van der Waals surface area (Å²) in [5.41, 5.74) is 1.42. The van der Waals surface area contributed by atoms with Gasteiger partial charge in [0.2, 0.25) is 5.91 Å². The highest BCUT2D eigenvalue weighted by Crippen LogP contribution is 2.31. The highest BCUT2D eigenvalue weighted by atomic mass is 32.2.